The zero-order valence-electron chi connectivity index (χ0n) is 15.5. The average Bonchev–Trinajstić information content (AvgIpc) is 2.59. The molecule has 0 aliphatic carbocycles. The minimum absolute atomic E-state index is 0.0199. The van der Waals surface area contributed by atoms with Gasteiger partial charge in [0.15, 0.2) is 9.84 Å². The summed E-state index contributed by atoms with van der Waals surface area (Å²) in [5.41, 5.74) is 3.46. The van der Waals surface area contributed by atoms with Crippen molar-refractivity contribution in [1.82, 2.24) is 10.2 Å². The Morgan fingerprint density at radius 2 is 1.69 bits per heavy atom. The third-order valence-electron chi connectivity index (χ3n) is 4.08. The number of sulfone groups is 1. The lowest BCUT2D eigenvalue weighted by molar-refractivity contribution is 0.0951. The zero-order chi connectivity index (χ0) is 19.2. The van der Waals surface area contributed by atoms with E-state index in [-0.39, 0.29) is 11.7 Å². The molecule has 0 spiro atoms. The van der Waals surface area contributed by atoms with Crippen LogP contribution in [0.25, 0.3) is 0 Å². The molecule has 0 bridgehead atoms. The van der Waals surface area contributed by atoms with Crippen LogP contribution < -0.4 is 5.32 Å². The molecule has 2 aromatic rings. The molecule has 0 aromatic heterocycles. The van der Waals surface area contributed by atoms with Gasteiger partial charge in [0.2, 0.25) is 0 Å². The summed E-state index contributed by atoms with van der Waals surface area (Å²) in [4.78, 5) is 14.5. The van der Waals surface area contributed by atoms with Crippen LogP contribution >= 0.6 is 0 Å². The van der Waals surface area contributed by atoms with Gasteiger partial charge in [-0.1, -0.05) is 43.3 Å². The molecule has 2 rings (SSSR count). The van der Waals surface area contributed by atoms with Crippen molar-refractivity contribution in [3.63, 3.8) is 0 Å². The molecule has 140 valence electrons. The normalized spacial score (nSPS) is 11.5. The first-order chi connectivity index (χ1) is 12.3. The van der Waals surface area contributed by atoms with Gasteiger partial charge in [-0.05, 0) is 42.4 Å². The fourth-order valence-corrected chi connectivity index (χ4v) is 3.40. The predicted molar refractivity (Wildman–Crippen MR) is 105 cm³/mol. The van der Waals surface area contributed by atoms with Crippen LogP contribution in [-0.4, -0.2) is 39.1 Å². The summed E-state index contributed by atoms with van der Waals surface area (Å²) in [6, 6.07) is 14.8. The third kappa shape index (κ3) is 6.61. The highest BCUT2D eigenvalue weighted by molar-refractivity contribution is 7.89. The Bertz CT molecular complexity index is 846. The van der Waals surface area contributed by atoms with Crippen molar-refractivity contribution in [1.29, 1.82) is 0 Å². The Labute approximate surface area is 156 Å². The highest BCUT2D eigenvalue weighted by Crippen LogP contribution is 2.10. The van der Waals surface area contributed by atoms with Crippen molar-refractivity contribution in [2.45, 2.75) is 25.8 Å². The topological polar surface area (TPSA) is 66.5 Å². The lowest BCUT2D eigenvalue weighted by atomic mass is 10.1. The largest absolute Gasteiger partial charge is 0.348 e. The molecule has 0 radical (unpaired) electrons. The second kappa shape index (κ2) is 8.96. The number of amides is 1. The molecule has 2 aromatic carbocycles. The van der Waals surface area contributed by atoms with Crippen molar-refractivity contribution < 1.29 is 13.2 Å². The van der Waals surface area contributed by atoms with Gasteiger partial charge < -0.3 is 10.2 Å². The minimum atomic E-state index is -3.08. The molecular weight excluding hydrogens is 348 g/mol. The number of rotatable bonds is 8. The first kappa shape index (κ1) is 20.1. The molecule has 0 aliphatic rings. The molecule has 0 aliphatic heterocycles. The van der Waals surface area contributed by atoms with Gasteiger partial charge in [-0.25, -0.2) is 8.42 Å². The molecule has 0 heterocycles. The SMILES string of the molecule is CCN(C)Cc1cccc(CNC(=O)c2ccc(CS(C)(=O)=O)cc2)c1. The summed E-state index contributed by atoms with van der Waals surface area (Å²) < 4.78 is 22.6. The lowest BCUT2D eigenvalue weighted by Gasteiger charge is -2.14. The van der Waals surface area contributed by atoms with Gasteiger partial charge in [-0.15, -0.1) is 0 Å². The lowest BCUT2D eigenvalue weighted by Crippen LogP contribution is -2.23. The molecule has 0 saturated carbocycles. The molecule has 26 heavy (non-hydrogen) atoms. The van der Waals surface area contributed by atoms with E-state index in [1.54, 1.807) is 24.3 Å². The fourth-order valence-electron chi connectivity index (χ4n) is 2.60. The van der Waals surface area contributed by atoms with Gasteiger partial charge in [-0.3, -0.25) is 4.79 Å². The van der Waals surface area contributed by atoms with Crippen LogP contribution in [0.5, 0.6) is 0 Å². The Balaban J connectivity index is 1.95. The monoisotopic (exact) mass is 374 g/mol. The number of carbonyl (C=O) groups is 1. The van der Waals surface area contributed by atoms with Gasteiger partial charge in [0.1, 0.15) is 0 Å². The zero-order valence-corrected chi connectivity index (χ0v) is 16.3. The number of benzene rings is 2. The highest BCUT2D eigenvalue weighted by atomic mass is 32.2. The molecule has 0 fully saturated rings. The van der Waals surface area contributed by atoms with E-state index in [0.29, 0.717) is 17.7 Å². The summed E-state index contributed by atoms with van der Waals surface area (Å²) in [5.74, 6) is -0.194. The maximum atomic E-state index is 12.3. The van der Waals surface area contributed by atoms with Crippen molar-refractivity contribution in [2.75, 3.05) is 19.8 Å². The van der Waals surface area contributed by atoms with Crippen LogP contribution in [0.1, 0.15) is 34.0 Å². The molecular formula is C20H26N2O3S. The van der Waals surface area contributed by atoms with Crippen LogP contribution in [0, 0.1) is 0 Å². The maximum Gasteiger partial charge on any atom is 0.251 e. The maximum absolute atomic E-state index is 12.3. The number of carbonyl (C=O) groups excluding carboxylic acids is 1. The van der Waals surface area contributed by atoms with E-state index in [9.17, 15) is 13.2 Å². The minimum Gasteiger partial charge on any atom is -0.348 e. The summed E-state index contributed by atoms with van der Waals surface area (Å²) in [7, 11) is -1.00. The van der Waals surface area contributed by atoms with Gasteiger partial charge in [0.05, 0.1) is 5.75 Å². The standard InChI is InChI=1S/C20H26N2O3S/c1-4-22(2)14-18-7-5-6-17(12-18)13-21-20(23)19-10-8-16(9-11-19)15-26(3,24)25/h5-12H,4,13-15H2,1-3H3,(H,21,23). The molecule has 6 heteroatoms. The van der Waals surface area contributed by atoms with Crippen molar-refractivity contribution in [3.8, 4) is 0 Å². The van der Waals surface area contributed by atoms with Crippen molar-refractivity contribution in [3.05, 3.63) is 70.8 Å². The first-order valence-corrected chi connectivity index (χ1v) is 10.6. The summed E-state index contributed by atoms with van der Waals surface area (Å²) in [6.07, 6.45) is 1.19. The van der Waals surface area contributed by atoms with E-state index in [1.807, 2.05) is 12.1 Å². The van der Waals surface area contributed by atoms with Crippen LogP contribution in [0.3, 0.4) is 0 Å². The summed E-state index contributed by atoms with van der Waals surface area (Å²) in [5, 5.41) is 2.91. The second-order valence-electron chi connectivity index (χ2n) is 6.60. The van der Waals surface area contributed by atoms with Crippen molar-refractivity contribution >= 4 is 15.7 Å². The van der Waals surface area contributed by atoms with Gasteiger partial charge >= 0.3 is 0 Å². The predicted octanol–water partition coefficient (Wildman–Crippen LogP) is 2.61. The highest BCUT2D eigenvalue weighted by Gasteiger charge is 2.08. The number of nitrogens with zero attached hydrogens (tertiary/aromatic N) is 1. The Morgan fingerprint density at radius 1 is 1.04 bits per heavy atom. The number of nitrogens with one attached hydrogen (secondary N) is 1. The van der Waals surface area contributed by atoms with E-state index in [2.05, 4.69) is 36.3 Å². The number of hydrogen-bond donors (Lipinski definition) is 1. The molecule has 0 atom stereocenters. The molecule has 0 saturated heterocycles. The second-order valence-corrected chi connectivity index (χ2v) is 8.74. The van der Waals surface area contributed by atoms with E-state index in [0.717, 1.165) is 18.7 Å². The average molecular weight is 375 g/mol. The van der Waals surface area contributed by atoms with Gasteiger partial charge in [0.25, 0.3) is 5.91 Å². The Kier molecular flexibility index (Phi) is 6.94. The first-order valence-electron chi connectivity index (χ1n) is 8.58. The third-order valence-corrected chi connectivity index (χ3v) is 4.94. The quantitative estimate of drug-likeness (QED) is 0.771. The summed E-state index contributed by atoms with van der Waals surface area (Å²) in [6.45, 7) is 4.43. The van der Waals surface area contributed by atoms with Crippen LogP contribution in [0.2, 0.25) is 0 Å². The van der Waals surface area contributed by atoms with E-state index < -0.39 is 9.84 Å². The van der Waals surface area contributed by atoms with Crippen LogP contribution in [0.15, 0.2) is 48.5 Å². The summed E-state index contributed by atoms with van der Waals surface area (Å²) >= 11 is 0. The fraction of sp³-hybridized carbons (Fsp3) is 0.350. The van der Waals surface area contributed by atoms with Crippen LogP contribution in [-0.2, 0) is 28.7 Å². The number of hydrogen-bond acceptors (Lipinski definition) is 4. The van der Waals surface area contributed by atoms with E-state index in [4.69, 9.17) is 0 Å². The van der Waals surface area contributed by atoms with E-state index in [1.165, 1.54) is 11.8 Å². The molecule has 0 unspecified atom stereocenters. The van der Waals surface area contributed by atoms with Crippen molar-refractivity contribution in [2.24, 2.45) is 0 Å². The van der Waals surface area contributed by atoms with Crippen LogP contribution in [0.4, 0.5) is 0 Å². The Hall–Kier alpha value is -2.18. The molecule has 1 amide bonds. The van der Waals surface area contributed by atoms with Gasteiger partial charge in [0, 0.05) is 24.9 Å². The smallest absolute Gasteiger partial charge is 0.251 e. The van der Waals surface area contributed by atoms with Gasteiger partial charge in [-0.2, -0.15) is 0 Å². The molecule has 5 nitrogen and oxygen atoms in total. The van der Waals surface area contributed by atoms with E-state index >= 15 is 0 Å². The molecule has 1 N–H and O–H groups in total. The Morgan fingerprint density at radius 3 is 2.31 bits per heavy atom.